The van der Waals surface area contributed by atoms with Gasteiger partial charge in [0.05, 0.1) is 12.2 Å². The van der Waals surface area contributed by atoms with Gasteiger partial charge in [0.15, 0.2) is 6.10 Å². The molecule has 0 aliphatic carbocycles. The summed E-state index contributed by atoms with van der Waals surface area (Å²) in [5.41, 5.74) is 0.572. The van der Waals surface area contributed by atoms with E-state index in [1.54, 1.807) is 30.0 Å². The van der Waals surface area contributed by atoms with Gasteiger partial charge in [-0.2, -0.15) is 0 Å². The van der Waals surface area contributed by atoms with Gasteiger partial charge < -0.3 is 19.5 Å². The van der Waals surface area contributed by atoms with E-state index < -0.39 is 12.2 Å². The molecule has 1 heterocycles. The summed E-state index contributed by atoms with van der Waals surface area (Å²) in [6.07, 6.45) is -1.56. The molecule has 0 saturated carbocycles. The zero-order chi connectivity index (χ0) is 24.2. The highest BCUT2D eigenvalue weighted by atomic mass is 16.5. The second-order valence-electron chi connectivity index (χ2n) is 8.73. The van der Waals surface area contributed by atoms with E-state index in [-0.39, 0.29) is 37.6 Å². The maximum absolute atomic E-state index is 13.2. The van der Waals surface area contributed by atoms with Crippen molar-refractivity contribution in [3.8, 4) is 11.5 Å². The maximum atomic E-state index is 13.2. The number of carbonyl (C=O) groups excluding carboxylic acids is 2. The highest BCUT2D eigenvalue weighted by molar-refractivity contribution is 6.03. The van der Waals surface area contributed by atoms with Crippen molar-refractivity contribution >= 4 is 28.3 Å². The lowest BCUT2D eigenvalue weighted by Gasteiger charge is -2.35. The number of hydrogen-bond donors (Lipinski definition) is 1. The van der Waals surface area contributed by atoms with Gasteiger partial charge in [-0.15, -0.1) is 0 Å². The van der Waals surface area contributed by atoms with Crippen molar-refractivity contribution < 1.29 is 24.2 Å². The molecule has 0 radical (unpaired) electrons. The Morgan fingerprint density at radius 2 is 1.79 bits per heavy atom. The lowest BCUT2D eigenvalue weighted by molar-refractivity contribution is -0.135. The first kappa shape index (κ1) is 23.6. The van der Waals surface area contributed by atoms with Crippen LogP contribution in [-0.4, -0.2) is 59.8 Å². The number of rotatable bonds is 8. The van der Waals surface area contributed by atoms with Gasteiger partial charge in [-0.25, -0.2) is 0 Å². The van der Waals surface area contributed by atoms with Gasteiger partial charge in [0.1, 0.15) is 30.8 Å². The highest BCUT2D eigenvalue weighted by Gasteiger charge is 2.34. The molecule has 1 N–H and O–H groups in total. The van der Waals surface area contributed by atoms with Crippen molar-refractivity contribution in [1.29, 1.82) is 0 Å². The van der Waals surface area contributed by atoms with Crippen LogP contribution in [0.4, 0.5) is 5.69 Å². The fourth-order valence-corrected chi connectivity index (χ4v) is 4.14. The molecule has 7 heteroatoms. The number of anilines is 1. The van der Waals surface area contributed by atoms with Gasteiger partial charge in [-0.05, 0) is 44.4 Å². The average Bonchev–Trinajstić information content (AvgIpc) is 2.83. The van der Waals surface area contributed by atoms with Crippen LogP contribution in [-0.2, 0) is 9.59 Å². The van der Waals surface area contributed by atoms with Gasteiger partial charge in [-0.3, -0.25) is 14.5 Å². The lowest BCUT2D eigenvalue weighted by atomic mass is 10.1. The number of ether oxygens (including phenoxy) is 2. The Morgan fingerprint density at radius 3 is 2.59 bits per heavy atom. The van der Waals surface area contributed by atoms with Crippen LogP contribution >= 0.6 is 0 Å². The van der Waals surface area contributed by atoms with Crippen LogP contribution in [0.25, 0.3) is 10.8 Å². The molecule has 1 aliphatic heterocycles. The molecule has 0 saturated heterocycles. The number of hydrogen-bond acceptors (Lipinski definition) is 5. The number of amides is 2. The topological polar surface area (TPSA) is 79.3 Å². The number of aliphatic hydroxyl groups is 1. The fraction of sp³-hybridized carbons (Fsp3) is 0.333. The van der Waals surface area contributed by atoms with Crippen molar-refractivity contribution in [3.63, 3.8) is 0 Å². The van der Waals surface area contributed by atoms with E-state index >= 15 is 0 Å². The molecule has 0 unspecified atom stereocenters. The van der Waals surface area contributed by atoms with E-state index in [1.807, 2.05) is 62.4 Å². The Labute approximate surface area is 199 Å². The Balaban J connectivity index is 1.43. The zero-order valence-electron chi connectivity index (χ0n) is 19.7. The van der Waals surface area contributed by atoms with Crippen LogP contribution in [0, 0.1) is 0 Å². The Morgan fingerprint density at radius 1 is 1.09 bits per heavy atom. The summed E-state index contributed by atoms with van der Waals surface area (Å²) in [5, 5.41) is 12.7. The molecule has 34 heavy (non-hydrogen) atoms. The second kappa shape index (κ2) is 10.1. The first-order valence-corrected chi connectivity index (χ1v) is 11.5. The molecular weight excluding hydrogens is 432 g/mol. The molecule has 0 spiro atoms. The minimum absolute atomic E-state index is 0.0425. The molecule has 0 bridgehead atoms. The van der Waals surface area contributed by atoms with Gasteiger partial charge in [0.2, 0.25) is 5.91 Å². The standard InChI is InChI=1S/C27H30N2O5/c1-18(2)28(15-21(30)17-33-24-14-8-10-20-9-4-5-11-22(20)24)26(31)16-29-23-12-6-7-13-25(23)34-19(3)27(29)32/h4-14,18-19,21,30H,15-17H2,1-3H3/t19-,21-/m1/s1. The summed E-state index contributed by atoms with van der Waals surface area (Å²) in [6.45, 7) is 5.45. The predicted molar refractivity (Wildman–Crippen MR) is 131 cm³/mol. The molecule has 7 nitrogen and oxygen atoms in total. The summed E-state index contributed by atoms with van der Waals surface area (Å²) >= 11 is 0. The van der Waals surface area contributed by atoms with Crippen molar-refractivity contribution in [1.82, 2.24) is 4.90 Å². The van der Waals surface area contributed by atoms with Crippen LogP contribution in [0.1, 0.15) is 20.8 Å². The van der Waals surface area contributed by atoms with Crippen LogP contribution in [0.3, 0.4) is 0 Å². The molecule has 2 amide bonds. The summed E-state index contributed by atoms with van der Waals surface area (Å²) in [5.74, 6) is 0.734. The van der Waals surface area contributed by atoms with E-state index in [4.69, 9.17) is 9.47 Å². The number of nitrogens with zero attached hydrogens (tertiary/aromatic N) is 2. The minimum Gasteiger partial charge on any atom is -0.490 e. The highest BCUT2D eigenvalue weighted by Crippen LogP contribution is 2.33. The summed E-state index contributed by atoms with van der Waals surface area (Å²) in [4.78, 5) is 29.0. The van der Waals surface area contributed by atoms with Gasteiger partial charge in [0.25, 0.3) is 5.91 Å². The molecule has 0 aromatic heterocycles. The van der Waals surface area contributed by atoms with Gasteiger partial charge >= 0.3 is 0 Å². The Bertz CT molecular complexity index is 1170. The first-order chi connectivity index (χ1) is 16.3. The number of para-hydroxylation sites is 2. The quantitative estimate of drug-likeness (QED) is 0.553. The number of aliphatic hydroxyl groups excluding tert-OH is 1. The third kappa shape index (κ3) is 4.99. The summed E-state index contributed by atoms with van der Waals surface area (Å²) in [6, 6.07) is 20.7. The van der Waals surface area contributed by atoms with Crippen LogP contribution < -0.4 is 14.4 Å². The second-order valence-corrected chi connectivity index (χ2v) is 8.73. The van der Waals surface area contributed by atoms with Crippen LogP contribution in [0.15, 0.2) is 66.7 Å². The van der Waals surface area contributed by atoms with E-state index in [1.165, 1.54) is 4.90 Å². The van der Waals surface area contributed by atoms with E-state index in [0.29, 0.717) is 17.2 Å². The molecule has 1 aliphatic rings. The molecule has 2 atom stereocenters. The predicted octanol–water partition coefficient (Wildman–Crippen LogP) is 3.63. The summed E-state index contributed by atoms with van der Waals surface area (Å²) in [7, 11) is 0. The smallest absolute Gasteiger partial charge is 0.268 e. The number of fused-ring (bicyclic) bond motifs is 2. The van der Waals surface area contributed by atoms with Crippen molar-refractivity contribution in [2.45, 2.75) is 39.0 Å². The summed E-state index contributed by atoms with van der Waals surface area (Å²) < 4.78 is 11.6. The normalized spacial score (nSPS) is 16.2. The van der Waals surface area contributed by atoms with Crippen LogP contribution in [0.2, 0.25) is 0 Å². The first-order valence-electron chi connectivity index (χ1n) is 11.5. The molecule has 3 aromatic carbocycles. The van der Waals surface area contributed by atoms with Crippen LogP contribution in [0.5, 0.6) is 11.5 Å². The third-order valence-electron chi connectivity index (χ3n) is 5.90. The largest absolute Gasteiger partial charge is 0.490 e. The number of carbonyl (C=O) groups is 2. The van der Waals surface area contributed by atoms with Crippen molar-refractivity contribution in [3.05, 3.63) is 66.7 Å². The van der Waals surface area contributed by atoms with E-state index in [0.717, 1.165) is 10.8 Å². The third-order valence-corrected chi connectivity index (χ3v) is 5.90. The zero-order valence-corrected chi connectivity index (χ0v) is 19.7. The maximum Gasteiger partial charge on any atom is 0.268 e. The minimum atomic E-state index is -0.892. The van der Waals surface area contributed by atoms with E-state index in [9.17, 15) is 14.7 Å². The molecule has 4 rings (SSSR count). The lowest BCUT2D eigenvalue weighted by Crippen LogP contribution is -2.52. The van der Waals surface area contributed by atoms with Crippen molar-refractivity contribution in [2.75, 3.05) is 24.6 Å². The molecule has 178 valence electrons. The Kier molecular flexibility index (Phi) is 7.03. The molecular formula is C27H30N2O5. The molecule has 0 fully saturated rings. The fourth-order valence-electron chi connectivity index (χ4n) is 4.14. The van der Waals surface area contributed by atoms with Gasteiger partial charge in [0, 0.05) is 11.4 Å². The molecule has 3 aromatic rings. The Hall–Kier alpha value is -3.58. The average molecular weight is 463 g/mol. The SMILES string of the molecule is CC(C)N(C[C@@H](O)COc1cccc2ccccc12)C(=O)CN1C(=O)[C@@H](C)Oc2ccccc21. The monoisotopic (exact) mass is 462 g/mol. The van der Waals surface area contributed by atoms with Crippen molar-refractivity contribution in [2.24, 2.45) is 0 Å². The van der Waals surface area contributed by atoms with E-state index in [2.05, 4.69) is 0 Å². The van der Waals surface area contributed by atoms with Gasteiger partial charge in [-0.1, -0.05) is 48.5 Å². The number of benzene rings is 3.